The molecule has 4 heteroatoms. The summed E-state index contributed by atoms with van der Waals surface area (Å²) in [5, 5.41) is 11.1. The molecule has 26 heavy (non-hydrogen) atoms. The topological polar surface area (TPSA) is 63.6 Å². The van der Waals surface area contributed by atoms with Crippen LogP contribution in [0, 0.1) is 34.5 Å². The third-order valence-corrected chi connectivity index (χ3v) is 8.05. The standard InChI is InChI=1S/C22H30O4/c1-5-6-8-21-16-10-15-7-9-22(16,18(23)13(15)3)19(24)14(4)17(21)12(2)11-26-20(21)25/h12,15-18,23H,3-11H2,1-2H3/t12-,15+,16?,17?,18+,21?,22+/m1/s1. The number of fused-ring (bicyclic) bond motifs is 3. The lowest BCUT2D eigenvalue weighted by molar-refractivity contribution is -0.211. The van der Waals surface area contributed by atoms with Crippen LogP contribution in [-0.2, 0) is 14.3 Å². The fourth-order valence-corrected chi connectivity index (χ4v) is 6.91. The van der Waals surface area contributed by atoms with Crippen LogP contribution in [0.4, 0.5) is 0 Å². The normalized spacial score (nSPS) is 47.4. The summed E-state index contributed by atoms with van der Waals surface area (Å²) in [5.41, 5.74) is -0.342. The maximum Gasteiger partial charge on any atom is 0.313 e. The number of hydrogen-bond donors (Lipinski definition) is 1. The van der Waals surface area contributed by atoms with Crippen molar-refractivity contribution < 1.29 is 19.4 Å². The first kappa shape index (κ1) is 18.0. The van der Waals surface area contributed by atoms with Crippen LogP contribution in [0.1, 0.15) is 52.4 Å². The summed E-state index contributed by atoms with van der Waals surface area (Å²) in [5.74, 6) is -0.248. The van der Waals surface area contributed by atoms with E-state index >= 15 is 0 Å². The average molecular weight is 358 g/mol. The Morgan fingerprint density at radius 2 is 2.04 bits per heavy atom. The third kappa shape index (κ3) is 1.89. The summed E-state index contributed by atoms with van der Waals surface area (Å²) < 4.78 is 5.66. The fourth-order valence-electron chi connectivity index (χ4n) is 6.91. The Bertz CT molecular complexity index is 694. The van der Waals surface area contributed by atoms with Gasteiger partial charge in [0.2, 0.25) is 0 Å². The van der Waals surface area contributed by atoms with Gasteiger partial charge in [0.15, 0.2) is 5.78 Å². The van der Waals surface area contributed by atoms with Gasteiger partial charge in [-0.1, -0.05) is 39.8 Å². The molecule has 1 heterocycles. The van der Waals surface area contributed by atoms with Crippen LogP contribution in [-0.4, -0.2) is 29.6 Å². The number of rotatable bonds is 3. The number of esters is 1. The molecule has 0 aromatic heterocycles. The van der Waals surface area contributed by atoms with Gasteiger partial charge in [-0.15, -0.1) is 0 Å². The molecule has 5 aliphatic rings. The van der Waals surface area contributed by atoms with Gasteiger partial charge in [0.25, 0.3) is 0 Å². The Balaban J connectivity index is 1.93. The van der Waals surface area contributed by atoms with E-state index in [0.29, 0.717) is 25.0 Å². The predicted molar refractivity (Wildman–Crippen MR) is 98.1 cm³/mol. The molecule has 7 atom stereocenters. The summed E-state index contributed by atoms with van der Waals surface area (Å²) in [7, 11) is 0. The number of aliphatic hydroxyl groups excluding tert-OH is 1. The predicted octanol–water partition coefficient (Wildman–Crippen LogP) is 3.44. The van der Waals surface area contributed by atoms with E-state index in [2.05, 4.69) is 27.0 Å². The van der Waals surface area contributed by atoms with Crippen molar-refractivity contribution in [3.05, 3.63) is 24.3 Å². The van der Waals surface area contributed by atoms with Gasteiger partial charge in [-0.2, -0.15) is 0 Å². The smallest absolute Gasteiger partial charge is 0.313 e. The van der Waals surface area contributed by atoms with Gasteiger partial charge in [-0.25, -0.2) is 0 Å². The van der Waals surface area contributed by atoms with Crippen LogP contribution in [0.25, 0.3) is 0 Å². The second kappa shape index (κ2) is 5.79. The summed E-state index contributed by atoms with van der Waals surface area (Å²) in [6, 6.07) is 0. The zero-order valence-electron chi connectivity index (χ0n) is 15.9. The molecule has 2 bridgehead atoms. The number of carbonyl (C=O) groups excluding carboxylic acids is 2. The van der Waals surface area contributed by atoms with Crippen LogP contribution in [0.5, 0.6) is 0 Å². The van der Waals surface area contributed by atoms with Gasteiger partial charge in [0, 0.05) is 5.92 Å². The molecule has 0 radical (unpaired) electrons. The van der Waals surface area contributed by atoms with Crippen molar-refractivity contribution in [2.24, 2.45) is 34.5 Å². The van der Waals surface area contributed by atoms with Crippen molar-refractivity contribution in [2.45, 2.75) is 58.5 Å². The number of aliphatic hydroxyl groups is 1. The van der Waals surface area contributed by atoms with Crippen molar-refractivity contribution in [1.29, 1.82) is 0 Å². The molecule has 1 saturated heterocycles. The third-order valence-electron chi connectivity index (χ3n) is 8.05. The van der Waals surface area contributed by atoms with Crippen molar-refractivity contribution in [1.82, 2.24) is 0 Å². The Morgan fingerprint density at radius 3 is 2.73 bits per heavy atom. The molecule has 4 nitrogen and oxygen atoms in total. The number of Topliss-reactive ketones (excluding diaryl/α,β-unsaturated/α-hetero) is 1. The quantitative estimate of drug-likeness (QED) is 0.477. The summed E-state index contributed by atoms with van der Waals surface area (Å²) in [4.78, 5) is 26.9. The minimum absolute atomic E-state index is 0.0204. The lowest BCUT2D eigenvalue weighted by Crippen LogP contribution is -2.70. The first-order valence-electron chi connectivity index (χ1n) is 10.1. The van der Waals surface area contributed by atoms with Crippen LogP contribution >= 0.6 is 0 Å². The van der Waals surface area contributed by atoms with Crippen LogP contribution < -0.4 is 0 Å². The summed E-state index contributed by atoms with van der Waals surface area (Å²) >= 11 is 0. The molecule has 3 unspecified atom stereocenters. The highest BCUT2D eigenvalue weighted by Crippen LogP contribution is 2.70. The summed E-state index contributed by atoms with van der Waals surface area (Å²) in [6.45, 7) is 12.8. The minimum atomic E-state index is -0.927. The van der Waals surface area contributed by atoms with Gasteiger partial charge in [-0.05, 0) is 54.6 Å². The van der Waals surface area contributed by atoms with Crippen LogP contribution in [0.15, 0.2) is 24.3 Å². The van der Waals surface area contributed by atoms with E-state index in [9.17, 15) is 14.7 Å². The van der Waals surface area contributed by atoms with E-state index in [1.54, 1.807) is 0 Å². The molecule has 1 spiro atoms. The van der Waals surface area contributed by atoms with Gasteiger partial charge < -0.3 is 9.84 Å². The Morgan fingerprint density at radius 1 is 1.31 bits per heavy atom. The van der Waals surface area contributed by atoms with Crippen molar-refractivity contribution in [2.75, 3.05) is 6.61 Å². The molecule has 4 saturated carbocycles. The van der Waals surface area contributed by atoms with Crippen LogP contribution in [0.2, 0.25) is 0 Å². The molecule has 1 aliphatic heterocycles. The molecule has 5 rings (SSSR count). The second-order valence-corrected chi connectivity index (χ2v) is 9.09. The van der Waals surface area contributed by atoms with E-state index < -0.39 is 16.9 Å². The van der Waals surface area contributed by atoms with Gasteiger partial charge in [0.1, 0.15) is 0 Å². The van der Waals surface area contributed by atoms with Gasteiger partial charge >= 0.3 is 5.97 Å². The van der Waals surface area contributed by atoms with Crippen molar-refractivity contribution in [3.63, 3.8) is 0 Å². The zero-order chi connectivity index (χ0) is 18.9. The number of allylic oxidation sites excluding steroid dienone is 1. The van der Waals surface area contributed by atoms with Crippen LogP contribution in [0.3, 0.4) is 0 Å². The Labute approximate surface area is 155 Å². The molecule has 0 amide bonds. The average Bonchev–Trinajstić information content (AvgIpc) is 2.64. The molecular formula is C22H30O4. The fraction of sp³-hybridized carbons (Fsp3) is 0.727. The number of cyclic esters (lactones) is 1. The highest BCUT2D eigenvalue weighted by Gasteiger charge is 2.73. The minimum Gasteiger partial charge on any atom is -0.465 e. The summed E-state index contributed by atoms with van der Waals surface area (Å²) in [6.07, 6.45) is 3.99. The lowest BCUT2D eigenvalue weighted by Gasteiger charge is -2.66. The van der Waals surface area contributed by atoms with Gasteiger partial charge in [0.05, 0.1) is 23.5 Å². The van der Waals surface area contributed by atoms with Crippen molar-refractivity contribution >= 4 is 11.8 Å². The SMILES string of the molecule is C=C1C(=O)[C@@]23CC[C@@H](CC2C2(CCCC)C(=O)OC[C@@H](C)C12)C(=C)[C@@H]3O. The molecule has 142 valence electrons. The second-order valence-electron chi connectivity index (χ2n) is 9.09. The molecule has 5 fully saturated rings. The molecule has 4 aliphatic carbocycles. The van der Waals surface area contributed by atoms with Gasteiger partial charge in [-0.3, -0.25) is 9.59 Å². The monoisotopic (exact) mass is 358 g/mol. The number of hydrogen-bond acceptors (Lipinski definition) is 4. The van der Waals surface area contributed by atoms with E-state index in [1.807, 2.05) is 0 Å². The van der Waals surface area contributed by atoms with E-state index in [0.717, 1.165) is 31.3 Å². The molecular weight excluding hydrogens is 328 g/mol. The number of ether oxygens (including phenoxy) is 1. The Hall–Kier alpha value is -1.42. The molecule has 0 aromatic rings. The Kier molecular flexibility index (Phi) is 4.00. The maximum absolute atomic E-state index is 13.6. The van der Waals surface area contributed by atoms with E-state index in [4.69, 9.17) is 4.74 Å². The largest absolute Gasteiger partial charge is 0.465 e. The first-order valence-corrected chi connectivity index (χ1v) is 10.1. The first-order chi connectivity index (χ1) is 12.3. The number of ketones is 1. The molecule has 1 N–H and O–H groups in total. The molecule has 0 aromatic carbocycles. The zero-order valence-corrected chi connectivity index (χ0v) is 15.9. The van der Waals surface area contributed by atoms with E-state index in [1.165, 1.54) is 0 Å². The number of carbonyl (C=O) groups is 2. The highest BCUT2D eigenvalue weighted by molar-refractivity contribution is 6.04. The van der Waals surface area contributed by atoms with Crippen molar-refractivity contribution in [3.8, 4) is 0 Å². The van der Waals surface area contributed by atoms with E-state index in [-0.39, 0.29) is 35.4 Å². The maximum atomic E-state index is 13.6. The highest BCUT2D eigenvalue weighted by atomic mass is 16.5. The number of unbranched alkanes of at least 4 members (excludes halogenated alkanes) is 1. The lowest BCUT2D eigenvalue weighted by atomic mass is 9.37.